The zero-order valence-corrected chi connectivity index (χ0v) is 9.28. The third kappa shape index (κ3) is 2.15. The molecule has 1 heterocycles. The normalized spacial score (nSPS) is 10.5. The summed E-state index contributed by atoms with van der Waals surface area (Å²) in [5, 5.41) is 3.92. The summed E-state index contributed by atoms with van der Waals surface area (Å²) in [7, 11) is 0. The van der Waals surface area contributed by atoms with Gasteiger partial charge >= 0.3 is 0 Å². The molecule has 0 fully saturated rings. The number of halogens is 2. The SMILES string of the molecule is Nc1ncn(Cc2cccc(F)c2Br)n1. The van der Waals surface area contributed by atoms with Gasteiger partial charge in [-0.25, -0.2) is 14.1 Å². The van der Waals surface area contributed by atoms with E-state index < -0.39 is 0 Å². The molecule has 0 saturated carbocycles. The van der Waals surface area contributed by atoms with Crippen LogP contribution in [0, 0.1) is 5.82 Å². The molecule has 0 unspecified atom stereocenters. The Kier molecular flexibility index (Phi) is 2.68. The molecule has 0 aliphatic rings. The average molecular weight is 271 g/mol. The largest absolute Gasteiger partial charge is 0.367 e. The van der Waals surface area contributed by atoms with E-state index in [1.807, 2.05) is 6.07 Å². The summed E-state index contributed by atoms with van der Waals surface area (Å²) in [4.78, 5) is 3.79. The molecule has 15 heavy (non-hydrogen) atoms. The lowest BCUT2D eigenvalue weighted by molar-refractivity contribution is 0.611. The van der Waals surface area contributed by atoms with Gasteiger partial charge in [0.05, 0.1) is 11.0 Å². The van der Waals surface area contributed by atoms with Crippen molar-refractivity contribution in [1.82, 2.24) is 14.8 Å². The number of hydrogen-bond donors (Lipinski definition) is 1. The van der Waals surface area contributed by atoms with Gasteiger partial charge in [0, 0.05) is 0 Å². The van der Waals surface area contributed by atoms with Crippen molar-refractivity contribution < 1.29 is 4.39 Å². The van der Waals surface area contributed by atoms with E-state index in [4.69, 9.17) is 5.73 Å². The molecule has 2 aromatic rings. The summed E-state index contributed by atoms with van der Waals surface area (Å²) in [6, 6.07) is 4.85. The standard InChI is InChI=1S/C9H8BrFN4/c10-8-6(2-1-3-7(8)11)4-15-5-13-9(12)14-15/h1-3,5H,4H2,(H2,12,14). The number of benzene rings is 1. The van der Waals surface area contributed by atoms with Gasteiger partial charge < -0.3 is 5.73 Å². The topological polar surface area (TPSA) is 56.7 Å². The Morgan fingerprint density at radius 2 is 2.27 bits per heavy atom. The van der Waals surface area contributed by atoms with Crippen molar-refractivity contribution in [3.05, 3.63) is 40.4 Å². The van der Waals surface area contributed by atoms with Crippen molar-refractivity contribution in [2.45, 2.75) is 6.54 Å². The van der Waals surface area contributed by atoms with Gasteiger partial charge in [0.15, 0.2) is 0 Å². The van der Waals surface area contributed by atoms with Crippen LogP contribution in [0.25, 0.3) is 0 Å². The molecule has 2 N–H and O–H groups in total. The Morgan fingerprint density at radius 1 is 1.47 bits per heavy atom. The minimum atomic E-state index is -0.291. The van der Waals surface area contributed by atoms with E-state index in [0.717, 1.165) is 5.56 Å². The molecule has 2 rings (SSSR count). The molecule has 0 bridgehead atoms. The second kappa shape index (κ2) is 3.98. The number of rotatable bonds is 2. The van der Waals surface area contributed by atoms with Crippen LogP contribution < -0.4 is 5.73 Å². The van der Waals surface area contributed by atoms with Gasteiger partial charge in [-0.3, -0.25) is 0 Å². The monoisotopic (exact) mass is 270 g/mol. The Bertz CT molecular complexity index is 483. The fourth-order valence-electron chi connectivity index (χ4n) is 1.23. The second-order valence-corrected chi connectivity index (χ2v) is 3.81. The molecule has 0 atom stereocenters. The highest BCUT2D eigenvalue weighted by atomic mass is 79.9. The maximum absolute atomic E-state index is 13.2. The first-order chi connectivity index (χ1) is 7.16. The first kappa shape index (κ1) is 10.1. The Morgan fingerprint density at radius 3 is 2.93 bits per heavy atom. The molecule has 1 aromatic carbocycles. The molecule has 0 spiro atoms. The van der Waals surface area contributed by atoms with Crippen molar-refractivity contribution in [2.24, 2.45) is 0 Å². The van der Waals surface area contributed by atoms with Crippen LogP contribution in [0.4, 0.5) is 10.3 Å². The highest BCUT2D eigenvalue weighted by molar-refractivity contribution is 9.10. The average Bonchev–Trinajstić information content (AvgIpc) is 2.59. The first-order valence-corrected chi connectivity index (χ1v) is 5.04. The maximum Gasteiger partial charge on any atom is 0.239 e. The van der Waals surface area contributed by atoms with Crippen LogP contribution in [-0.2, 0) is 6.54 Å². The highest BCUT2D eigenvalue weighted by Crippen LogP contribution is 2.20. The van der Waals surface area contributed by atoms with Gasteiger partial charge in [-0.15, -0.1) is 5.10 Å². The van der Waals surface area contributed by atoms with E-state index in [0.29, 0.717) is 11.0 Å². The summed E-state index contributed by atoms with van der Waals surface area (Å²) < 4.78 is 15.2. The van der Waals surface area contributed by atoms with Gasteiger partial charge in [-0.2, -0.15) is 0 Å². The number of nitrogens with zero attached hydrogens (tertiary/aromatic N) is 3. The molecular weight excluding hydrogens is 263 g/mol. The van der Waals surface area contributed by atoms with E-state index in [-0.39, 0.29) is 11.8 Å². The molecule has 0 amide bonds. The van der Waals surface area contributed by atoms with Crippen molar-refractivity contribution in [2.75, 3.05) is 5.73 Å². The number of aromatic nitrogens is 3. The van der Waals surface area contributed by atoms with Crippen LogP contribution >= 0.6 is 15.9 Å². The zero-order chi connectivity index (χ0) is 10.8. The Hall–Kier alpha value is -1.43. The highest BCUT2D eigenvalue weighted by Gasteiger charge is 2.06. The number of hydrogen-bond acceptors (Lipinski definition) is 3. The fraction of sp³-hybridized carbons (Fsp3) is 0.111. The summed E-state index contributed by atoms with van der Waals surface area (Å²) in [6.07, 6.45) is 1.51. The van der Waals surface area contributed by atoms with Crippen LogP contribution in [-0.4, -0.2) is 14.8 Å². The molecule has 0 aliphatic carbocycles. The summed E-state index contributed by atoms with van der Waals surface area (Å²) in [5.41, 5.74) is 6.16. The zero-order valence-electron chi connectivity index (χ0n) is 7.69. The fourth-order valence-corrected chi connectivity index (χ4v) is 1.62. The van der Waals surface area contributed by atoms with Gasteiger partial charge in [-0.1, -0.05) is 12.1 Å². The molecule has 0 radical (unpaired) electrons. The smallest absolute Gasteiger partial charge is 0.239 e. The Labute approximate surface area is 94.1 Å². The van der Waals surface area contributed by atoms with E-state index in [9.17, 15) is 4.39 Å². The quantitative estimate of drug-likeness (QED) is 0.906. The van der Waals surface area contributed by atoms with E-state index in [2.05, 4.69) is 26.0 Å². The van der Waals surface area contributed by atoms with E-state index in [1.165, 1.54) is 12.4 Å². The van der Waals surface area contributed by atoms with Crippen molar-refractivity contribution in [3.8, 4) is 0 Å². The summed E-state index contributed by atoms with van der Waals surface area (Å²) in [5.74, 6) is -0.0805. The molecular formula is C9H8BrFN4. The summed E-state index contributed by atoms with van der Waals surface area (Å²) in [6.45, 7) is 0.433. The molecule has 4 nitrogen and oxygen atoms in total. The van der Waals surface area contributed by atoms with Crippen LogP contribution in [0.3, 0.4) is 0 Å². The molecule has 0 aliphatic heterocycles. The van der Waals surface area contributed by atoms with Crippen LogP contribution in [0.5, 0.6) is 0 Å². The minimum absolute atomic E-state index is 0.211. The third-order valence-electron chi connectivity index (χ3n) is 1.92. The minimum Gasteiger partial charge on any atom is -0.367 e. The molecule has 6 heteroatoms. The lowest BCUT2D eigenvalue weighted by Crippen LogP contribution is -2.02. The third-order valence-corrected chi connectivity index (χ3v) is 2.81. The maximum atomic E-state index is 13.2. The first-order valence-electron chi connectivity index (χ1n) is 4.24. The Balaban J connectivity index is 2.28. The van der Waals surface area contributed by atoms with Crippen LogP contribution in [0.1, 0.15) is 5.56 Å². The second-order valence-electron chi connectivity index (χ2n) is 3.01. The van der Waals surface area contributed by atoms with Crippen LogP contribution in [0.2, 0.25) is 0 Å². The number of nitrogen functional groups attached to an aromatic ring is 1. The number of anilines is 1. The number of nitrogens with two attached hydrogens (primary N) is 1. The molecule has 78 valence electrons. The van der Waals surface area contributed by atoms with E-state index >= 15 is 0 Å². The van der Waals surface area contributed by atoms with Gasteiger partial charge in [0.1, 0.15) is 12.1 Å². The van der Waals surface area contributed by atoms with Gasteiger partial charge in [0.25, 0.3) is 0 Å². The predicted molar refractivity (Wildman–Crippen MR) is 57.6 cm³/mol. The van der Waals surface area contributed by atoms with E-state index in [1.54, 1.807) is 10.7 Å². The molecule has 1 aromatic heterocycles. The lowest BCUT2D eigenvalue weighted by Gasteiger charge is -2.04. The summed E-state index contributed by atoms with van der Waals surface area (Å²) >= 11 is 3.18. The van der Waals surface area contributed by atoms with Gasteiger partial charge in [0.2, 0.25) is 5.95 Å². The lowest BCUT2D eigenvalue weighted by atomic mass is 10.2. The van der Waals surface area contributed by atoms with Crippen molar-refractivity contribution in [3.63, 3.8) is 0 Å². The van der Waals surface area contributed by atoms with Gasteiger partial charge in [-0.05, 0) is 27.6 Å². The van der Waals surface area contributed by atoms with Crippen molar-refractivity contribution in [1.29, 1.82) is 0 Å². The predicted octanol–water partition coefficient (Wildman–Crippen LogP) is 1.81. The molecule has 0 saturated heterocycles. The van der Waals surface area contributed by atoms with Crippen molar-refractivity contribution >= 4 is 21.9 Å². The van der Waals surface area contributed by atoms with Crippen LogP contribution in [0.15, 0.2) is 29.0 Å².